The van der Waals surface area contributed by atoms with Crippen molar-refractivity contribution in [2.24, 2.45) is 11.8 Å². The average molecular weight is 555 g/mol. The zero-order chi connectivity index (χ0) is 28.6. The van der Waals surface area contributed by atoms with E-state index in [1.165, 1.54) is 56.4 Å². The Morgan fingerprint density at radius 1 is 1.10 bits per heavy atom. The lowest BCUT2D eigenvalue weighted by Crippen LogP contribution is -2.48. The standard InChI is InChI=1S/C31H43FN4O4/c1-21-17-36(22(2)20-37)30(38)16-24-15-27(34-31(39)33-26-11-9-25(32)10-12-26)13-14-28(24)40-29(21)19-35(3)18-23-7-5-4-6-8-23/h9-15,21-23,29,37H,4-8,16-20H2,1-3H3,(H2,33,34,39)/t21-,22+,29-/m0/s1. The molecule has 0 radical (unpaired) electrons. The lowest BCUT2D eigenvalue weighted by Gasteiger charge is -2.35. The van der Waals surface area contributed by atoms with Crippen LogP contribution in [0.3, 0.4) is 0 Å². The van der Waals surface area contributed by atoms with Gasteiger partial charge in [0.1, 0.15) is 17.7 Å². The molecular formula is C31H43FN4O4. The summed E-state index contributed by atoms with van der Waals surface area (Å²) in [6.07, 6.45) is 6.41. The Bertz CT molecular complexity index is 1140. The predicted octanol–water partition coefficient (Wildman–Crippen LogP) is 5.13. The minimum atomic E-state index is -0.478. The molecule has 0 spiro atoms. The van der Waals surface area contributed by atoms with Crippen LogP contribution >= 0.6 is 0 Å². The Kier molecular flexibility index (Phi) is 10.4. The number of likely N-dealkylation sites (N-methyl/N-ethyl adjacent to an activating group) is 1. The first kappa shape index (κ1) is 29.8. The van der Waals surface area contributed by atoms with Crippen molar-refractivity contribution in [1.82, 2.24) is 9.80 Å². The molecule has 0 aromatic heterocycles. The van der Waals surface area contributed by atoms with Gasteiger partial charge in [-0.2, -0.15) is 0 Å². The Hall–Kier alpha value is -3.17. The fourth-order valence-corrected chi connectivity index (χ4v) is 5.74. The highest BCUT2D eigenvalue weighted by Gasteiger charge is 2.31. The van der Waals surface area contributed by atoms with Gasteiger partial charge < -0.3 is 30.3 Å². The SMILES string of the molecule is C[C@H](CO)N1C[C@H](C)[C@H](CN(C)CC2CCCCC2)Oc2ccc(NC(=O)Nc3ccc(F)cc3)cc2CC1=O. The maximum Gasteiger partial charge on any atom is 0.323 e. The number of hydrogen-bond acceptors (Lipinski definition) is 5. The molecule has 1 heterocycles. The van der Waals surface area contributed by atoms with E-state index in [9.17, 15) is 19.1 Å². The van der Waals surface area contributed by atoms with Gasteiger partial charge in [0.2, 0.25) is 5.91 Å². The summed E-state index contributed by atoms with van der Waals surface area (Å²) in [6.45, 7) is 6.08. The highest BCUT2D eigenvalue weighted by Crippen LogP contribution is 2.30. The van der Waals surface area contributed by atoms with E-state index in [-0.39, 0.29) is 42.8 Å². The molecule has 0 unspecified atom stereocenters. The lowest BCUT2D eigenvalue weighted by atomic mass is 9.89. The second-order valence-electron chi connectivity index (χ2n) is 11.5. The van der Waals surface area contributed by atoms with Crippen molar-refractivity contribution in [1.29, 1.82) is 0 Å². The number of anilines is 2. The highest BCUT2D eigenvalue weighted by molar-refractivity contribution is 5.99. The third-order valence-corrected chi connectivity index (χ3v) is 8.06. The van der Waals surface area contributed by atoms with Gasteiger partial charge in [0.15, 0.2) is 0 Å². The van der Waals surface area contributed by atoms with Crippen LogP contribution in [-0.4, -0.2) is 72.3 Å². The van der Waals surface area contributed by atoms with Gasteiger partial charge in [-0.25, -0.2) is 9.18 Å². The number of carbonyl (C=O) groups is 2. The first-order chi connectivity index (χ1) is 19.2. The topological polar surface area (TPSA) is 94.1 Å². The van der Waals surface area contributed by atoms with Gasteiger partial charge in [-0.3, -0.25) is 4.79 Å². The summed E-state index contributed by atoms with van der Waals surface area (Å²) in [5.41, 5.74) is 1.64. The molecule has 40 heavy (non-hydrogen) atoms. The molecule has 3 N–H and O–H groups in total. The number of halogens is 1. The normalized spacial score (nSPS) is 21.1. The van der Waals surface area contributed by atoms with Crippen molar-refractivity contribution in [3.05, 3.63) is 53.8 Å². The number of ether oxygens (including phenoxy) is 1. The summed E-state index contributed by atoms with van der Waals surface area (Å²) in [5, 5.41) is 15.4. The molecule has 2 aromatic rings. The van der Waals surface area contributed by atoms with Crippen molar-refractivity contribution in [3.63, 3.8) is 0 Å². The van der Waals surface area contributed by atoms with Gasteiger partial charge in [-0.05, 0) is 75.2 Å². The number of fused-ring (bicyclic) bond motifs is 1. The number of benzene rings is 2. The van der Waals surface area contributed by atoms with E-state index in [2.05, 4.69) is 29.5 Å². The monoisotopic (exact) mass is 554 g/mol. The summed E-state index contributed by atoms with van der Waals surface area (Å²) < 4.78 is 19.8. The second-order valence-corrected chi connectivity index (χ2v) is 11.5. The number of aliphatic hydroxyl groups is 1. The van der Waals surface area contributed by atoms with Crippen LogP contribution in [0.2, 0.25) is 0 Å². The van der Waals surface area contributed by atoms with Gasteiger partial charge in [0.05, 0.1) is 19.1 Å². The van der Waals surface area contributed by atoms with Gasteiger partial charge >= 0.3 is 6.03 Å². The molecule has 3 amide bonds. The molecule has 218 valence electrons. The van der Waals surface area contributed by atoms with Crippen LogP contribution in [0.4, 0.5) is 20.6 Å². The van der Waals surface area contributed by atoms with Crippen molar-refractivity contribution < 1.29 is 23.8 Å². The van der Waals surface area contributed by atoms with Crippen LogP contribution in [0.15, 0.2) is 42.5 Å². The van der Waals surface area contributed by atoms with E-state index in [1.807, 2.05) is 13.0 Å². The van der Waals surface area contributed by atoms with Crippen LogP contribution < -0.4 is 15.4 Å². The van der Waals surface area contributed by atoms with Gasteiger partial charge in [0.25, 0.3) is 0 Å². The third-order valence-electron chi connectivity index (χ3n) is 8.06. The summed E-state index contributed by atoms with van der Waals surface area (Å²) in [7, 11) is 2.14. The van der Waals surface area contributed by atoms with Crippen LogP contribution in [0.1, 0.15) is 51.5 Å². The number of aliphatic hydroxyl groups excluding tert-OH is 1. The number of nitrogens with one attached hydrogen (secondary N) is 2. The van der Waals surface area contributed by atoms with Crippen molar-refractivity contribution in [2.75, 3.05) is 43.9 Å². The third kappa shape index (κ3) is 8.17. The van der Waals surface area contributed by atoms with E-state index >= 15 is 0 Å². The molecule has 2 aromatic carbocycles. The molecule has 4 rings (SSSR count). The number of urea groups is 1. The van der Waals surface area contributed by atoms with Crippen LogP contribution in [0.5, 0.6) is 5.75 Å². The fourth-order valence-electron chi connectivity index (χ4n) is 5.74. The Balaban J connectivity index is 1.53. The number of carbonyl (C=O) groups excluding carboxylic acids is 2. The first-order valence-electron chi connectivity index (χ1n) is 14.4. The molecule has 2 aliphatic rings. The summed E-state index contributed by atoms with van der Waals surface area (Å²) >= 11 is 0. The number of nitrogens with zero attached hydrogens (tertiary/aromatic N) is 2. The minimum Gasteiger partial charge on any atom is -0.488 e. The molecule has 8 nitrogen and oxygen atoms in total. The largest absolute Gasteiger partial charge is 0.488 e. The lowest BCUT2D eigenvalue weighted by molar-refractivity contribution is -0.134. The Morgan fingerprint density at radius 3 is 2.48 bits per heavy atom. The maximum absolute atomic E-state index is 13.4. The van der Waals surface area contributed by atoms with E-state index < -0.39 is 6.03 Å². The highest BCUT2D eigenvalue weighted by atomic mass is 19.1. The Morgan fingerprint density at radius 2 is 1.77 bits per heavy atom. The van der Waals surface area contributed by atoms with Gasteiger partial charge in [-0.1, -0.05) is 26.2 Å². The number of hydrogen-bond donors (Lipinski definition) is 3. The smallest absolute Gasteiger partial charge is 0.323 e. The fraction of sp³-hybridized carbons (Fsp3) is 0.548. The number of amides is 3. The molecule has 1 aliphatic heterocycles. The minimum absolute atomic E-state index is 0.0389. The molecule has 3 atom stereocenters. The Labute approximate surface area is 236 Å². The molecule has 1 aliphatic carbocycles. The van der Waals surface area contributed by atoms with E-state index in [0.717, 1.165) is 13.1 Å². The van der Waals surface area contributed by atoms with E-state index in [1.54, 1.807) is 17.0 Å². The molecule has 9 heteroatoms. The maximum atomic E-state index is 13.4. The molecular weight excluding hydrogens is 511 g/mol. The summed E-state index contributed by atoms with van der Waals surface area (Å²) in [6, 6.07) is 10.0. The predicted molar refractivity (Wildman–Crippen MR) is 155 cm³/mol. The zero-order valence-electron chi connectivity index (χ0n) is 23.9. The molecule has 0 bridgehead atoms. The molecule has 1 fully saturated rings. The average Bonchev–Trinajstić information content (AvgIpc) is 2.97. The molecule has 1 saturated carbocycles. The van der Waals surface area contributed by atoms with Crippen LogP contribution in [0, 0.1) is 17.7 Å². The van der Waals surface area contributed by atoms with Gasteiger partial charge in [0, 0.05) is 42.5 Å². The number of rotatable bonds is 8. The van der Waals surface area contributed by atoms with E-state index in [4.69, 9.17) is 4.74 Å². The van der Waals surface area contributed by atoms with Gasteiger partial charge in [-0.15, -0.1) is 0 Å². The first-order valence-corrected chi connectivity index (χ1v) is 14.4. The van der Waals surface area contributed by atoms with Crippen molar-refractivity contribution >= 4 is 23.3 Å². The second kappa shape index (κ2) is 13.9. The van der Waals surface area contributed by atoms with E-state index in [0.29, 0.717) is 35.2 Å². The van der Waals surface area contributed by atoms with Crippen molar-refractivity contribution in [3.8, 4) is 5.75 Å². The van der Waals surface area contributed by atoms with Crippen LogP contribution in [0.25, 0.3) is 0 Å². The molecule has 0 saturated heterocycles. The van der Waals surface area contributed by atoms with Crippen LogP contribution in [-0.2, 0) is 11.2 Å². The quantitative estimate of drug-likeness (QED) is 0.421. The zero-order valence-corrected chi connectivity index (χ0v) is 23.9. The summed E-state index contributed by atoms with van der Waals surface area (Å²) in [5.74, 6) is 0.893. The van der Waals surface area contributed by atoms with Crippen molar-refractivity contribution in [2.45, 2.75) is 64.5 Å². The summed E-state index contributed by atoms with van der Waals surface area (Å²) in [4.78, 5) is 30.1.